The normalized spacial score (nSPS) is 18.5. The van der Waals surface area contributed by atoms with Gasteiger partial charge in [-0.1, -0.05) is 55.0 Å². The van der Waals surface area contributed by atoms with Crippen LogP contribution in [0.4, 0.5) is 26.3 Å². The third-order valence-corrected chi connectivity index (χ3v) is 10.2. The van der Waals surface area contributed by atoms with Crippen molar-refractivity contribution in [2.75, 3.05) is 39.3 Å². The lowest BCUT2D eigenvalue weighted by atomic mass is 9.76. The SMILES string of the molecule is O=C(N[C@H](CO)Cc1cccc2c(-c3ccc(CN4CCCCC4)c4ccncc34)cccc12)C1(C(F)(F)F)CCN(CC(F)(F)F)CC1. The Balaban J connectivity index is 1.26. The average molecular weight is 687 g/mol. The van der Waals surface area contributed by atoms with Crippen molar-refractivity contribution in [3.63, 3.8) is 0 Å². The molecule has 0 radical (unpaired) electrons. The van der Waals surface area contributed by atoms with Crippen LogP contribution in [0.3, 0.4) is 0 Å². The predicted octanol–water partition coefficient (Wildman–Crippen LogP) is 7.27. The lowest BCUT2D eigenvalue weighted by Gasteiger charge is -2.42. The minimum Gasteiger partial charge on any atom is -0.394 e. The molecule has 0 bridgehead atoms. The fourth-order valence-electron chi connectivity index (χ4n) is 7.51. The molecule has 1 amide bonds. The van der Waals surface area contributed by atoms with E-state index in [1.807, 2.05) is 48.7 Å². The fraction of sp³-hybridized carbons (Fsp3) is 0.459. The molecule has 2 N–H and O–H groups in total. The monoisotopic (exact) mass is 686 g/mol. The lowest BCUT2D eigenvalue weighted by molar-refractivity contribution is -0.236. The van der Waals surface area contributed by atoms with Crippen LogP contribution in [0.5, 0.6) is 0 Å². The van der Waals surface area contributed by atoms with E-state index in [4.69, 9.17) is 0 Å². The molecular weight excluding hydrogens is 646 g/mol. The molecule has 1 atom stereocenters. The van der Waals surface area contributed by atoms with Gasteiger partial charge in [0.05, 0.1) is 19.2 Å². The summed E-state index contributed by atoms with van der Waals surface area (Å²) >= 11 is 0. The summed E-state index contributed by atoms with van der Waals surface area (Å²) in [6, 6.07) is 16.7. The van der Waals surface area contributed by atoms with Crippen LogP contribution in [-0.2, 0) is 17.8 Å². The number of halogens is 6. The van der Waals surface area contributed by atoms with Gasteiger partial charge >= 0.3 is 12.4 Å². The first-order chi connectivity index (χ1) is 23.4. The zero-order chi connectivity index (χ0) is 34.8. The van der Waals surface area contributed by atoms with Gasteiger partial charge in [0.2, 0.25) is 5.91 Å². The maximum Gasteiger partial charge on any atom is 0.403 e. The molecule has 2 saturated heterocycles. The highest BCUT2D eigenvalue weighted by Crippen LogP contribution is 2.47. The number of carbonyl (C=O) groups excluding carboxylic acids is 1. The molecule has 6 rings (SSSR count). The molecule has 12 heteroatoms. The Hall–Kier alpha value is -3.74. The molecule has 1 aromatic heterocycles. The number of pyridine rings is 1. The number of carbonyl (C=O) groups is 1. The molecular formula is C37H40F6N4O2. The number of aliphatic hydroxyl groups excluding tert-OH is 1. The second-order valence-corrected chi connectivity index (χ2v) is 13.4. The number of likely N-dealkylation sites (tertiary alicyclic amines) is 2. The Morgan fingerprint density at radius 2 is 1.47 bits per heavy atom. The smallest absolute Gasteiger partial charge is 0.394 e. The van der Waals surface area contributed by atoms with E-state index in [0.29, 0.717) is 0 Å². The van der Waals surface area contributed by atoms with Crippen LogP contribution >= 0.6 is 0 Å². The summed E-state index contributed by atoms with van der Waals surface area (Å²) in [4.78, 5) is 21.1. The fourth-order valence-corrected chi connectivity index (χ4v) is 7.51. The standard InChI is InChI=1S/C37H40F6N4O2/c38-36(39,40)24-47-18-13-35(14-19-47,37(41,42)43)34(49)45-27(23-48)20-25-6-4-8-30-28(25)7-5-9-31(30)32-11-10-26(22-46-16-2-1-3-17-46)29-12-15-44-21-33(29)32/h4-12,15,21,27,48H,1-3,13-14,16-20,22-24H2,(H,45,49)/t27-/m0/s1. The van der Waals surface area contributed by atoms with Gasteiger partial charge in [0, 0.05) is 24.3 Å². The van der Waals surface area contributed by atoms with Crippen LogP contribution in [0.1, 0.15) is 43.2 Å². The number of aromatic nitrogens is 1. The van der Waals surface area contributed by atoms with Crippen LogP contribution in [0.25, 0.3) is 32.7 Å². The van der Waals surface area contributed by atoms with Crippen LogP contribution in [0.15, 0.2) is 67.0 Å². The van der Waals surface area contributed by atoms with Gasteiger partial charge in [-0.25, -0.2) is 0 Å². The first-order valence-electron chi connectivity index (χ1n) is 16.8. The molecule has 2 aliphatic heterocycles. The Bertz CT molecular complexity index is 1780. The largest absolute Gasteiger partial charge is 0.403 e. The Kier molecular flexibility index (Phi) is 10.2. The van der Waals surface area contributed by atoms with E-state index in [0.717, 1.165) is 62.8 Å². The predicted molar refractivity (Wildman–Crippen MR) is 177 cm³/mol. The second-order valence-electron chi connectivity index (χ2n) is 13.4. The Morgan fingerprint density at radius 3 is 2.16 bits per heavy atom. The van der Waals surface area contributed by atoms with E-state index in [-0.39, 0.29) is 6.42 Å². The molecule has 4 aromatic rings. The van der Waals surface area contributed by atoms with Crippen LogP contribution in [-0.4, -0.2) is 83.5 Å². The lowest BCUT2D eigenvalue weighted by Crippen LogP contribution is -2.59. The number of aliphatic hydroxyl groups is 1. The summed E-state index contributed by atoms with van der Waals surface area (Å²) in [6.07, 6.45) is -3.75. The third-order valence-electron chi connectivity index (χ3n) is 10.2. The van der Waals surface area contributed by atoms with Crippen molar-refractivity contribution in [1.29, 1.82) is 0 Å². The summed E-state index contributed by atoms with van der Waals surface area (Å²) in [5, 5.41) is 16.5. The number of nitrogens with one attached hydrogen (secondary N) is 1. The van der Waals surface area contributed by atoms with E-state index < -0.39 is 68.8 Å². The summed E-state index contributed by atoms with van der Waals surface area (Å²) < 4.78 is 81.8. The first-order valence-corrected chi connectivity index (χ1v) is 16.8. The van der Waals surface area contributed by atoms with Crippen molar-refractivity contribution in [2.24, 2.45) is 5.41 Å². The molecule has 0 unspecified atom stereocenters. The van der Waals surface area contributed by atoms with Gasteiger partial charge in [-0.15, -0.1) is 0 Å². The zero-order valence-corrected chi connectivity index (χ0v) is 27.1. The van der Waals surface area contributed by atoms with E-state index >= 15 is 0 Å². The van der Waals surface area contributed by atoms with Gasteiger partial charge in [0.1, 0.15) is 5.41 Å². The van der Waals surface area contributed by atoms with Gasteiger partial charge in [-0.2, -0.15) is 26.3 Å². The highest BCUT2D eigenvalue weighted by atomic mass is 19.4. The molecule has 262 valence electrons. The number of nitrogens with zero attached hydrogens (tertiary/aromatic N) is 3. The number of hydrogen-bond donors (Lipinski definition) is 2. The molecule has 49 heavy (non-hydrogen) atoms. The van der Waals surface area contributed by atoms with Crippen molar-refractivity contribution in [3.8, 4) is 11.1 Å². The van der Waals surface area contributed by atoms with Crippen molar-refractivity contribution >= 4 is 27.5 Å². The topological polar surface area (TPSA) is 68.7 Å². The Labute approximate surface area is 281 Å². The summed E-state index contributed by atoms with van der Waals surface area (Å²) in [5.74, 6) is -1.32. The number of hydrogen-bond acceptors (Lipinski definition) is 5. The zero-order valence-electron chi connectivity index (χ0n) is 27.1. The summed E-state index contributed by atoms with van der Waals surface area (Å²) in [7, 11) is 0. The molecule has 0 saturated carbocycles. The first kappa shape index (κ1) is 35.1. The molecule has 3 heterocycles. The minimum absolute atomic E-state index is 0.0498. The number of benzene rings is 3. The maximum atomic E-state index is 14.4. The van der Waals surface area contributed by atoms with Gasteiger partial charge in [0.25, 0.3) is 0 Å². The van der Waals surface area contributed by atoms with Gasteiger partial charge in [-0.3, -0.25) is 19.6 Å². The van der Waals surface area contributed by atoms with Crippen molar-refractivity contribution in [3.05, 3.63) is 78.1 Å². The quantitative estimate of drug-likeness (QED) is 0.182. The highest BCUT2D eigenvalue weighted by Gasteiger charge is 2.61. The van der Waals surface area contributed by atoms with Crippen molar-refractivity contribution in [2.45, 2.75) is 63.5 Å². The van der Waals surface area contributed by atoms with Gasteiger partial charge in [-0.05, 0) is 103 Å². The van der Waals surface area contributed by atoms with E-state index in [1.165, 1.54) is 24.8 Å². The van der Waals surface area contributed by atoms with E-state index in [9.17, 15) is 36.2 Å². The number of rotatable bonds is 9. The van der Waals surface area contributed by atoms with Crippen LogP contribution < -0.4 is 5.32 Å². The maximum absolute atomic E-state index is 14.4. The van der Waals surface area contributed by atoms with E-state index in [1.54, 1.807) is 6.20 Å². The number of amides is 1. The average Bonchev–Trinajstić information content (AvgIpc) is 3.07. The van der Waals surface area contributed by atoms with Crippen molar-refractivity contribution in [1.82, 2.24) is 20.1 Å². The minimum atomic E-state index is -4.98. The van der Waals surface area contributed by atoms with Gasteiger partial charge in [0.15, 0.2) is 0 Å². The molecule has 0 aliphatic carbocycles. The molecule has 2 fully saturated rings. The molecule has 6 nitrogen and oxygen atoms in total. The number of piperidine rings is 2. The van der Waals surface area contributed by atoms with Crippen LogP contribution in [0, 0.1) is 5.41 Å². The third kappa shape index (κ3) is 7.56. The van der Waals surface area contributed by atoms with Gasteiger partial charge < -0.3 is 10.4 Å². The summed E-state index contributed by atoms with van der Waals surface area (Å²) in [5.41, 5.74) is 1.05. The number of fused-ring (bicyclic) bond motifs is 2. The number of alkyl halides is 6. The molecule has 2 aliphatic rings. The second kappa shape index (κ2) is 14.2. The van der Waals surface area contributed by atoms with E-state index in [2.05, 4.69) is 27.3 Å². The summed E-state index contributed by atoms with van der Waals surface area (Å²) in [6.45, 7) is 0.0132. The van der Waals surface area contributed by atoms with Crippen LogP contribution in [0.2, 0.25) is 0 Å². The Morgan fingerprint density at radius 1 is 0.796 bits per heavy atom. The molecule has 3 aromatic carbocycles. The molecule has 0 spiro atoms. The highest BCUT2D eigenvalue weighted by molar-refractivity contribution is 6.06. The van der Waals surface area contributed by atoms with Crippen molar-refractivity contribution < 1.29 is 36.2 Å².